The lowest BCUT2D eigenvalue weighted by Gasteiger charge is -2.17. The Morgan fingerprint density at radius 2 is 1.79 bits per heavy atom. The van der Waals surface area contributed by atoms with Gasteiger partial charge in [-0.25, -0.2) is 4.79 Å². The molecule has 0 N–H and O–H groups in total. The highest BCUT2D eigenvalue weighted by Crippen LogP contribution is 1.97. The standard InChI is InChI=1S/C7H14N2O4S/c1-3-5-9(6-4-2)13-7(10)8-14(11)12/h3-6H2,1-2H3. The number of carbonyl (C=O) groups is 1. The molecule has 0 aromatic carbocycles. The summed E-state index contributed by atoms with van der Waals surface area (Å²) in [6, 6.07) is 0. The summed E-state index contributed by atoms with van der Waals surface area (Å²) in [5.74, 6) is 0. The van der Waals surface area contributed by atoms with E-state index >= 15 is 0 Å². The van der Waals surface area contributed by atoms with E-state index in [1.807, 2.05) is 13.8 Å². The highest BCUT2D eigenvalue weighted by Gasteiger charge is 2.09. The topological polar surface area (TPSA) is 76.0 Å². The van der Waals surface area contributed by atoms with Crippen LogP contribution in [0.25, 0.3) is 0 Å². The molecule has 0 radical (unpaired) electrons. The third-order valence-corrected chi connectivity index (χ3v) is 1.60. The molecule has 0 aromatic rings. The molecule has 7 heteroatoms. The Balaban J connectivity index is 4.14. The van der Waals surface area contributed by atoms with E-state index in [0.717, 1.165) is 12.8 Å². The van der Waals surface area contributed by atoms with Crippen molar-refractivity contribution in [1.29, 1.82) is 0 Å². The molecule has 0 heterocycles. The highest BCUT2D eigenvalue weighted by atomic mass is 32.2. The fraction of sp³-hybridized carbons (Fsp3) is 0.857. The molecule has 0 aliphatic rings. The van der Waals surface area contributed by atoms with E-state index in [2.05, 4.69) is 9.20 Å². The van der Waals surface area contributed by atoms with Crippen molar-refractivity contribution in [2.75, 3.05) is 13.1 Å². The fourth-order valence-electron chi connectivity index (χ4n) is 0.890. The summed E-state index contributed by atoms with van der Waals surface area (Å²) < 4.78 is 22.7. The Morgan fingerprint density at radius 3 is 2.14 bits per heavy atom. The van der Waals surface area contributed by atoms with Gasteiger partial charge >= 0.3 is 16.6 Å². The van der Waals surface area contributed by atoms with Gasteiger partial charge in [0.2, 0.25) is 0 Å². The molecule has 1 amide bonds. The molecule has 0 rings (SSSR count). The van der Waals surface area contributed by atoms with Crippen molar-refractivity contribution in [2.24, 2.45) is 4.36 Å². The molecule has 0 aliphatic heterocycles. The van der Waals surface area contributed by atoms with Gasteiger partial charge in [0.25, 0.3) is 0 Å². The zero-order valence-corrected chi connectivity index (χ0v) is 9.08. The molecule has 0 saturated heterocycles. The second-order valence-corrected chi connectivity index (χ2v) is 3.21. The fourth-order valence-corrected chi connectivity index (χ4v) is 1.04. The lowest BCUT2D eigenvalue weighted by Crippen LogP contribution is -2.27. The number of rotatable bonds is 5. The largest absolute Gasteiger partial charge is 0.467 e. The maximum Gasteiger partial charge on any atom is 0.467 e. The first kappa shape index (κ1) is 13.1. The van der Waals surface area contributed by atoms with E-state index in [1.165, 1.54) is 5.06 Å². The molecule has 6 nitrogen and oxygen atoms in total. The van der Waals surface area contributed by atoms with Crippen LogP contribution in [0, 0.1) is 0 Å². The second kappa shape index (κ2) is 7.45. The molecule has 0 atom stereocenters. The van der Waals surface area contributed by atoms with Crippen LogP contribution >= 0.6 is 0 Å². The minimum atomic E-state index is -2.75. The SMILES string of the molecule is CCCN(CCC)OC(=O)N=S(=O)=O. The third kappa shape index (κ3) is 6.55. The zero-order chi connectivity index (χ0) is 11.0. The van der Waals surface area contributed by atoms with Crippen molar-refractivity contribution < 1.29 is 18.0 Å². The van der Waals surface area contributed by atoms with Crippen LogP contribution in [0.1, 0.15) is 26.7 Å². The van der Waals surface area contributed by atoms with E-state index in [4.69, 9.17) is 0 Å². The van der Waals surface area contributed by atoms with Crippen molar-refractivity contribution in [2.45, 2.75) is 26.7 Å². The van der Waals surface area contributed by atoms with Gasteiger partial charge in [0.15, 0.2) is 0 Å². The van der Waals surface area contributed by atoms with Gasteiger partial charge in [-0.15, -0.1) is 5.06 Å². The Hall–Kier alpha value is -0.950. The zero-order valence-electron chi connectivity index (χ0n) is 8.26. The van der Waals surface area contributed by atoms with Crippen molar-refractivity contribution in [3.8, 4) is 0 Å². The van der Waals surface area contributed by atoms with Crippen LogP contribution in [0.4, 0.5) is 4.79 Å². The molecular formula is C7H14N2O4S. The minimum absolute atomic E-state index is 0.570. The molecule has 0 bridgehead atoms. The molecule has 0 unspecified atom stereocenters. The van der Waals surface area contributed by atoms with Crippen molar-refractivity contribution >= 4 is 16.6 Å². The highest BCUT2D eigenvalue weighted by molar-refractivity contribution is 7.62. The Labute approximate surface area is 84.5 Å². The number of hydroxylamine groups is 2. The molecular weight excluding hydrogens is 208 g/mol. The third-order valence-electron chi connectivity index (χ3n) is 1.30. The molecule has 14 heavy (non-hydrogen) atoms. The van der Waals surface area contributed by atoms with Crippen molar-refractivity contribution in [1.82, 2.24) is 5.06 Å². The van der Waals surface area contributed by atoms with E-state index in [1.54, 1.807) is 0 Å². The van der Waals surface area contributed by atoms with Crippen LogP contribution in [0.5, 0.6) is 0 Å². The maximum absolute atomic E-state index is 10.8. The van der Waals surface area contributed by atoms with E-state index in [0.29, 0.717) is 13.1 Å². The summed E-state index contributed by atoms with van der Waals surface area (Å²) in [7, 11) is -2.75. The van der Waals surface area contributed by atoms with E-state index in [-0.39, 0.29) is 0 Å². The van der Waals surface area contributed by atoms with Crippen LogP contribution < -0.4 is 0 Å². The number of carbonyl (C=O) groups excluding carboxylic acids is 1. The van der Waals surface area contributed by atoms with Crippen molar-refractivity contribution in [3.05, 3.63) is 0 Å². The summed E-state index contributed by atoms with van der Waals surface area (Å²) in [5, 5.41) is 1.40. The lowest BCUT2D eigenvalue weighted by atomic mass is 10.4. The quantitative estimate of drug-likeness (QED) is 0.654. The number of nitrogens with zero attached hydrogens (tertiary/aromatic N) is 2. The maximum atomic E-state index is 10.8. The summed E-state index contributed by atoms with van der Waals surface area (Å²) >= 11 is 0. The lowest BCUT2D eigenvalue weighted by molar-refractivity contribution is -0.0951. The van der Waals surface area contributed by atoms with Crippen LogP contribution in [0.15, 0.2) is 4.36 Å². The first-order chi connectivity index (χ1) is 6.60. The summed E-state index contributed by atoms with van der Waals surface area (Å²) in [4.78, 5) is 15.5. The summed E-state index contributed by atoms with van der Waals surface area (Å²) in [5.41, 5.74) is 0. The first-order valence-electron chi connectivity index (χ1n) is 4.38. The normalized spacial score (nSPS) is 9.93. The Morgan fingerprint density at radius 1 is 1.29 bits per heavy atom. The average Bonchev–Trinajstić information content (AvgIpc) is 2.03. The van der Waals surface area contributed by atoms with Gasteiger partial charge in [0, 0.05) is 13.1 Å². The predicted molar refractivity (Wildman–Crippen MR) is 50.0 cm³/mol. The summed E-state index contributed by atoms with van der Waals surface area (Å²) in [6.45, 7) is 5.00. The smallest absolute Gasteiger partial charge is 0.349 e. The molecule has 0 saturated carbocycles. The number of hydrogen-bond acceptors (Lipinski definition) is 5. The Kier molecular flexibility index (Phi) is 6.95. The van der Waals surface area contributed by atoms with Gasteiger partial charge in [0.05, 0.1) is 0 Å². The van der Waals surface area contributed by atoms with Crippen LogP contribution in [0.2, 0.25) is 0 Å². The number of amides is 1. The molecule has 0 fully saturated rings. The van der Waals surface area contributed by atoms with Gasteiger partial charge in [-0.05, 0) is 12.8 Å². The van der Waals surface area contributed by atoms with Gasteiger partial charge in [-0.1, -0.05) is 18.2 Å². The van der Waals surface area contributed by atoms with Crippen LogP contribution in [-0.4, -0.2) is 32.7 Å². The van der Waals surface area contributed by atoms with Gasteiger partial charge in [-0.2, -0.15) is 8.42 Å². The molecule has 82 valence electrons. The van der Waals surface area contributed by atoms with Crippen LogP contribution in [-0.2, 0) is 15.3 Å². The van der Waals surface area contributed by atoms with Gasteiger partial charge in [0.1, 0.15) is 0 Å². The monoisotopic (exact) mass is 222 g/mol. The average molecular weight is 222 g/mol. The van der Waals surface area contributed by atoms with Crippen molar-refractivity contribution in [3.63, 3.8) is 0 Å². The second-order valence-electron chi connectivity index (χ2n) is 2.59. The molecule has 0 spiro atoms. The molecule has 0 aromatic heterocycles. The summed E-state index contributed by atoms with van der Waals surface area (Å²) in [6.07, 6.45) is 0.529. The van der Waals surface area contributed by atoms with Gasteiger partial charge < -0.3 is 4.84 Å². The predicted octanol–water partition coefficient (Wildman–Crippen LogP) is 1.22. The Bertz CT molecular complexity index is 285. The minimum Gasteiger partial charge on any atom is -0.349 e. The van der Waals surface area contributed by atoms with Gasteiger partial charge in [-0.3, -0.25) is 0 Å². The molecule has 0 aliphatic carbocycles. The number of hydrogen-bond donors (Lipinski definition) is 0. The van der Waals surface area contributed by atoms with E-state index in [9.17, 15) is 13.2 Å². The van der Waals surface area contributed by atoms with E-state index < -0.39 is 16.6 Å². The van der Waals surface area contributed by atoms with Crippen LogP contribution in [0.3, 0.4) is 0 Å². The first-order valence-corrected chi connectivity index (χ1v) is 5.41.